The molecule has 0 unspecified atom stereocenters. The fraction of sp³-hybridized carbons (Fsp3) is 1.00. The van der Waals surface area contributed by atoms with E-state index in [1.807, 2.05) is 0 Å². The van der Waals surface area contributed by atoms with E-state index in [-0.39, 0.29) is 0 Å². The summed E-state index contributed by atoms with van der Waals surface area (Å²) in [4.78, 5) is -1.79. The normalized spacial score (nSPS) is 52.0. The van der Waals surface area contributed by atoms with E-state index in [1.165, 1.54) is 0 Å². The molecule has 4 heteroatoms. The van der Waals surface area contributed by atoms with Gasteiger partial charge in [0, 0.05) is 0 Å². The number of nitrogens with two attached hydrogens (primary N) is 2. The first-order valence-electron chi connectivity index (χ1n) is 2.91. The van der Waals surface area contributed by atoms with Gasteiger partial charge < -0.3 is 11.5 Å². The Labute approximate surface area is 64.5 Å². The van der Waals surface area contributed by atoms with Gasteiger partial charge in [-0.05, 0) is 19.3 Å². The van der Waals surface area contributed by atoms with Crippen molar-refractivity contribution < 1.29 is 0 Å². The summed E-state index contributed by atoms with van der Waals surface area (Å²) in [6.45, 7) is 0. The Morgan fingerprint density at radius 3 is 1.44 bits per heavy atom. The molecule has 9 heavy (non-hydrogen) atoms. The molecule has 0 radical (unpaired) electrons. The first-order chi connectivity index (χ1) is 3.96. The van der Waals surface area contributed by atoms with Gasteiger partial charge in [-0.15, -0.1) is 0 Å². The molecule has 0 aliphatic heterocycles. The molecule has 0 aromatic rings. The molecule has 0 aromatic carbocycles. The third kappa shape index (κ3) is 1.17. The zero-order chi connectivity index (χ0) is 7.12. The molecule has 0 spiro atoms. The molecule has 1 saturated carbocycles. The predicted molar refractivity (Wildman–Crippen MR) is 39.4 cm³/mol. The fourth-order valence-corrected chi connectivity index (χ4v) is 1.47. The summed E-state index contributed by atoms with van der Waals surface area (Å²) < 4.78 is 0. The lowest BCUT2D eigenvalue weighted by Crippen LogP contribution is -2.54. The van der Waals surface area contributed by atoms with Gasteiger partial charge in [-0.1, -0.05) is 23.2 Å². The highest BCUT2D eigenvalue weighted by Gasteiger charge is 2.47. The lowest BCUT2D eigenvalue weighted by molar-refractivity contribution is 0.487. The third-order valence-electron chi connectivity index (χ3n) is 1.77. The van der Waals surface area contributed by atoms with Crippen LogP contribution in [0.5, 0.6) is 0 Å². The summed E-state index contributed by atoms with van der Waals surface area (Å²) >= 11 is 11.6. The smallest absolute Gasteiger partial charge is 0.123 e. The second-order valence-electron chi connectivity index (χ2n) is 2.58. The Hall–Kier alpha value is 0.500. The SMILES string of the molecule is N[C@]1(Cl)CCC[C@@]1(N)Cl. The summed E-state index contributed by atoms with van der Waals surface area (Å²) in [6.07, 6.45) is 2.32. The number of halogens is 2. The van der Waals surface area contributed by atoms with Crippen molar-refractivity contribution in [3.8, 4) is 0 Å². The first kappa shape index (κ1) is 7.61. The second kappa shape index (κ2) is 1.99. The molecule has 2 nitrogen and oxygen atoms in total. The van der Waals surface area contributed by atoms with Crippen molar-refractivity contribution in [2.24, 2.45) is 11.5 Å². The average Bonchev–Trinajstić information content (AvgIpc) is 1.81. The van der Waals surface area contributed by atoms with E-state index in [9.17, 15) is 0 Å². The van der Waals surface area contributed by atoms with Crippen LogP contribution in [0.25, 0.3) is 0 Å². The maximum atomic E-state index is 5.78. The number of rotatable bonds is 0. The Morgan fingerprint density at radius 2 is 1.33 bits per heavy atom. The van der Waals surface area contributed by atoms with Crippen molar-refractivity contribution >= 4 is 23.2 Å². The van der Waals surface area contributed by atoms with Crippen molar-refractivity contribution in [2.75, 3.05) is 0 Å². The van der Waals surface area contributed by atoms with Crippen LogP contribution in [0.3, 0.4) is 0 Å². The minimum Gasteiger partial charge on any atom is -0.310 e. The minimum atomic E-state index is -0.894. The van der Waals surface area contributed by atoms with E-state index in [0.717, 1.165) is 6.42 Å². The lowest BCUT2D eigenvalue weighted by atomic mass is 10.2. The van der Waals surface area contributed by atoms with Crippen LogP contribution in [0.1, 0.15) is 19.3 Å². The molecule has 0 bridgehead atoms. The van der Waals surface area contributed by atoms with Crippen LogP contribution in [0.2, 0.25) is 0 Å². The Bertz CT molecular complexity index is 108. The fourth-order valence-electron chi connectivity index (χ4n) is 1.02. The Kier molecular flexibility index (Phi) is 1.68. The molecular formula is C5H10Cl2N2. The van der Waals surface area contributed by atoms with Gasteiger partial charge in [-0.25, -0.2) is 0 Å². The van der Waals surface area contributed by atoms with E-state index in [1.54, 1.807) is 0 Å². The third-order valence-corrected chi connectivity index (χ3v) is 2.92. The molecule has 1 aliphatic rings. The van der Waals surface area contributed by atoms with Crippen LogP contribution in [0.4, 0.5) is 0 Å². The van der Waals surface area contributed by atoms with Gasteiger partial charge in [0.2, 0.25) is 0 Å². The topological polar surface area (TPSA) is 52.0 Å². The summed E-state index contributed by atoms with van der Waals surface area (Å²) in [6, 6.07) is 0. The van der Waals surface area contributed by atoms with Crippen LogP contribution < -0.4 is 11.5 Å². The highest BCUT2D eigenvalue weighted by molar-refractivity contribution is 6.34. The van der Waals surface area contributed by atoms with Gasteiger partial charge in [-0.2, -0.15) is 0 Å². The zero-order valence-electron chi connectivity index (χ0n) is 5.03. The molecular weight excluding hydrogens is 159 g/mol. The van der Waals surface area contributed by atoms with E-state index in [4.69, 9.17) is 34.7 Å². The van der Waals surface area contributed by atoms with Crippen LogP contribution >= 0.6 is 23.2 Å². The number of hydrogen-bond acceptors (Lipinski definition) is 2. The molecule has 0 heterocycles. The lowest BCUT2D eigenvalue weighted by Gasteiger charge is -2.28. The Morgan fingerprint density at radius 1 is 1.00 bits per heavy atom. The van der Waals surface area contributed by atoms with Crippen molar-refractivity contribution in [3.05, 3.63) is 0 Å². The maximum Gasteiger partial charge on any atom is 0.123 e. The molecule has 4 N–H and O–H groups in total. The van der Waals surface area contributed by atoms with Gasteiger partial charge in [0.25, 0.3) is 0 Å². The highest BCUT2D eigenvalue weighted by Crippen LogP contribution is 2.41. The van der Waals surface area contributed by atoms with Crippen LogP contribution in [0.15, 0.2) is 0 Å². The molecule has 54 valence electrons. The van der Waals surface area contributed by atoms with E-state index in [2.05, 4.69) is 0 Å². The molecule has 0 saturated heterocycles. The molecule has 2 atom stereocenters. The quantitative estimate of drug-likeness (QED) is 0.419. The van der Waals surface area contributed by atoms with Crippen LogP contribution in [0, 0.1) is 0 Å². The second-order valence-corrected chi connectivity index (χ2v) is 3.93. The summed E-state index contributed by atoms with van der Waals surface area (Å²) in [5.74, 6) is 0. The van der Waals surface area contributed by atoms with E-state index >= 15 is 0 Å². The number of hydrogen-bond donors (Lipinski definition) is 2. The zero-order valence-corrected chi connectivity index (χ0v) is 6.54. The molecule has 0 aromatic heterocycles. The average molecular weight is 169 g/mol. The van der Waals surface area contributed by atoms with Crippen molar-refractivity contribution in [2.45, 2.75) is 29.3 Å². The summed E-state index contributed by atoms with van der Waals surface area (Å²) in [7, 11) is 0. The molecule has 1 aliphatic carbocycles. The van der Waals surface area contributed by atoms with Crippen LogP contribution in [-0.4, -0.2) is 10.00 Å². The Balaban J connectivity index is 2.75. The van der Waals surface area contributed by atoms with Gasteiger partial charge in [0.05, 0.1) is 0 Å². The largest absolute Gasteiger partial charge is 0.310 e. The first-order valence-corrected chi connectivity index (χ1v) is 3.67. The van der Waals surface area contributed by atoms with Gasteiger partial charge in [0.1, 0.15) is 10.00 Å². The van der Waals surface area contributed by atoms with Crippen LogP contribution in [-0.2, 0) is 0 Å². The summed E-state index contributed by atoms with van der Waals surface area (Å²) in [5, 5.41) is 0. The van der Waals surface area contributed by atoms with Gasteiger partial charge in [0.15, 0.2) is 0 Å². The van der Waals surface area contributed by atoms with E-state index in [0.29, 0.717) is 12.8 Å². The van der Waals surface area contributed by atoms with Crippen molar-refractivity contribution in [3.63, 3.8) is 0 Å². The van der Waals surface area contributed by atoms with Crippen molar-refractivity contribution in [1.29, 1.82) is 0 Å². The highest BCUT2D eigenvalue weighted by atomic mass is 35.5. The molecule has 1 rings (SSSR count). The van der Waals surface area contributed by atoms with Gasteiger partial charge >= 0.3 is 0 Å². The van der Waals surface area contributed by atoms with Gasteiger partial charge in [-0.3, -0.25) is 0 Å². The van der Waals surface area contributed by atoms with Crippen molar-refractivity contribution in [1.82, 2.24) is 0 Å². The predicted octanol–water partition coefficient (Wildman–Crippen LogP) is 0.958. The monoisotopic (exact) mass is 168 g/mol. The molecule has 1 fully saturated rings. The van der Waals surface area contributed by atoms with E-state index < -0.39 is 10.00 Å². The maximum absolute atomic E-state index is 5.78. The minimum absolute atomic E-state index is 0.703. The molecule has 0 amide bonds. The summed E-state index contributed by atoms with van der Waals surface area (Å²) in [5.41, 5.74) is 11.1. The standard InChI is InChI=1S/C5H10Cl2N2/c6-4(8)2-1-3-5(4,7)9/h1-3,8-9H2/t4-,5+. The number of alkyl halides is 2.